The molecule has 2 rings (SSSR count). The SMILES string of the molecule is COCc1cc(C(=O)N(C)C2CCCNCC2)no1.Cl. The van der Waals surface area contributed by atoms with Crippen LogP contribution in [0.1, 0.15) is 35.5 Å². The molecule has 1 fully saturated rings. The van der Waals surface area contributed by atoms with Crippen molar-refractivity contribution in [3.63, 3.8) is 0 Å². The number of methoxy groups -OCH3 is 1. The third-order valence-electron chi connectivity index (χ3n) is 3.48. The lowest BCUT2D eigenvalue weighted by atomic mass is 10.1. The molecule has 6 nitrogen and oxygen atoms in total. The highest BCUT2D eigenvalue weighted by molar-refractivity contribution is 5.92. The van der Waals surface area contributed by atoms with Crippen LogP contribution in [-0.2, 0) is 11.3 Å². The van der Waals surface area contributed by atoms with Gasteiger partial charge in [0.15, 0.2) is 11.5 Å². The molecule has 1 aromatic rings. The van der Waals surface area contributed by atoms with E-state index in [1.54, 1.807) is 18.1 Å². The molecular weight excluding hydrogens is 282 g/mol. The van der Waals surface area contributed by atoms with Crippen LogP contribution in [0.5, 0.6) is 0 Å². The molecule has 0 aromatic carbocycles. The van der Waals surface area contributed by atoms with Crippen molar-refractivity contribution in [1.29, 1.82) is 0 Å². The average Bonchev–Trinajstić information content (AvgIpc) is 2.72. The second-order valence-electron chi connectivity index (χ2n) is 4.86. The number of carbonyl (C=O) groups excluding carboxylic acids is 1. The van der Waals surface area contributed by atoms with Crippen molar-refractivity contribution in [1.82, 2.24) is 15.4 Å². The van der Waals surface area contributed by atoms with Gasteiger partial charge in [-0.25, -0.2) is 0 Å². The van der Waals surface area contributed by atoms with Gasteiger partial charge >= 0.3 is 0 Å². The van der Waals surface area contributed by atoms with Crippen LogP contribution in [0, 0.1) is 0 Å². The van der Waals surface area contributed by atoms with Crippen molar-refractivity contribution in [3.05, 3.63) is 17.5 Å². The Kier molecular flexibility index (Phi) is 6.98. The number of hydrogen-bond donors (Lipinski definition) is 1. The van der Waals surface area contributed by atoms with Crippen molar-refractivity contribution >= 4 is 18.3 Å². The van der Waals surface area contributed by atoms with E-state index >= 15 is 0 Å². The molecule has 114 valence electrons. The molecule has 0 aliphatic carbocycles. The number of aromatic nitrogens is 1. The molecule has 1 N–H and O–H groups in total. The zero-order valence-electron chi connectivity index (χ0n) is 11.9. The number of rotatable bonds is 4. The number of carbonyl (C=O) groups is 1. The minimum absolute atomic E-state index is 0. The summed E-state index contributed by atoms with van der Waals surface area (Å²) in [5.74, 6) is 0.486. The first-order valence-electron chi connectivity index (χ1n) is 6.64. The number of nitrogens with one attached hydrogen (secondary N) is 1. The van der Waals surface area contributed by atoms with E-state index in [-0.39, 0.29) is 24.4 Å². The maximum Gasteiger partial charge on any atom is 0.276 e. The molecule has 0 spiro atoms. The molecular formula is C13H22ClN3O3. The van der Waals surface area contributed by atoms with Gasteiger partial charge in [0, 0.05) is 26.3 Å². The lowest BCUT2D eigenvalue weighted by Crippen LogP contribution is -2.37. The highest BCUT2D eigenvalue weighted by atomic mass is 35.5. The Labute approximate surface area is 125 Å². The summed E-state index contributed by atoms with van der Waals surface area (Å²) in [5.41, 5.74) is 0.353. The predicted molar refractivity (Wildman–Crippen MR) is 77.1 cm³/mol. The van der Waals surface area contributed by atoms with E-state index in [2.05, 4.69) is 10.5 Å². The molecule has 1 aromatic heterocycles. The average molecular weight is 304 g/mol. The van der Waals surface area contributed by atoms with Gasteiger partial charge in [0.25, 0.3) is 5.91 Å². The van der Waals surface area contributed by atoms with E-state index in [0.29, 0.717) is 18.1 Å². The molecule has 0 saturated carbocycles. The van der Waals surface area contributed by atoms with Crippen molar-refractivity contribution < 1.29 is 14.1 Å². The molecule has 1 aliphatic rings. The molecule has 1 aliphatic heterocycles. The Morgan fingerprint density at radius 1 is 1.55 bits per heavy atom. The van der Waals surface area contributed by atoms with Gasteiger partial charge in [-0.15, -0.1) is 12.4 Å². The van der Waals surface area contributed by atoms with E-state index in [4.69, 9.17) is 9.26 Å². The lowest BCUT2D eigenvalue weighted by molar-refractivity contribution is 0.0709. The highest BCUT2D eigenvalue weighted by Gasteiger charge is 2.24. The fourth-order valence-electron chi connectivity index (χ4n) is 2.36. The van der Waals surface area contributed by atoms with Gasteiger partial charge in [0.05, 0.1) is 0 Å². The van der Waals surface area contributed by atoms with Crippen molar-refractivity contribution in [3.8, 4) is 0 Å². The first-order chi connectivity index (χ1) is 9.22. The number of nitrogens with zero attached hydrogens (tertiary/aromatic N) is 2. The smallest absolute Gasteiger partial charge is 0.276 e. The summed E-state index contributed by atoms with van der Waals surface area (Å²) < 4.78 is 10.0. The van der Waals surface area contributed by atoms with Gasteiger partial charge in [-0.05, 0) is 32.4 Å². The van der Waals surface area contributed by atoms with Gasteiger partial charge in [-0.1, -0.05) is 5.16 Å². The van der Waals surface area contributed by atoms with Crippen LogP contribution >= 0.6 is 12.4 Å². The van der Waals surface area contributed by atoms with Crippen LogP contribution < -0.4 is 5.32 Å². The fraction of sp³-hybridized carbons (Fsp3) is 0.692. The molecule has 7 heteroatoms. The van der Waals surface area contributed by atoms with Gasteiger partial charge < -0.3 is 19.5 Å². The van der Waals surface area contributed by atoms with Gasteiger partial charge in [-0.3, -0.25) is 4.79 Å². The fourth-order valence-corrected chi connectivity index (χ4v) is 2.36. The predicted octanol–water partition coefficient (Wildman–Crippen LogP) is 1.46. The minimum Gasteiger partial charge on any atom is -0.377 e. The standard InChI is InChI=1S/C13H21N3O3.ClH/c1-16(10-4-3-6-14-7-5-10)13(17)12-8-11(9-18-2)19-15-12;/h8,10,14H,3-7,9H2,1-2H3;1H. The summed E-state index contributed by atoms with van der Waals surface area (Å²) >= 11 is 0. The molecule has 1 atom stereocenters. The number of amides is 1. The summed E-state index contributed by atoms with van der Waals surface area (Å²) in [7, 11) is 3.41. The Hall–Kier alpha value is -1.11. The molecule has 1 saturated heterocycles. The third kappa shape index (κ3) is 4.19. The Morgan fingerprint density at radius 2 is 2.35 bits per heavy atom. The molecule has 1 amide bonds. The summed E-state index contributed by atoms with van der Waals surface area (Å²) in [4.78, 5) is 14.1. The summed E-state index contributed by atoms with van der Waals surface area (Å²) in [5, 5.41) is 7.16. The number of hydrogen-bond acceptors (Lipinski definition) is 5. The largest absolute Gasteiger partial charge is 0.377 e. The number of ether oxygens (including phenoxy) is 1. The van der Waals surface area contributed by atoms with E-state index in [1.807, 2.05) is 7.05 Å². The highest BCUT2D eigenvalue weighted by Crippen LogP contribution is 2.15. The maximum atomic E-state index is 12.3. The first kappa shape index (κ1) is 16.9. The number of halogens is 1. The maximum absolute atomic E-state index is 12.3. The van der Waals surface area contributed by atoms with Crippen LogP contribution in [0.25, 0.3) is 0 Å². The van der Waals surface area contributed by atoms with Crippen molar-refractivity contribution in [2.45, 2.75) is 31.9 Å². The van der Waals surface area contributed by atoms with Crippen molar-refractivity contribution in [2.24, 2.45) is 0 Å². The minimum atomic E-state index is -0.0852. The molecule has 20 heavy (non-hydrogen) atoms. The second kappa shape index (κ2) is 8.24. The van der Waals surface area contributed by atoms with E-state index in [1.165, 1.54) is 0 Å². The molecule has 0 radical (unpaired) electrons. The van der Waals surface area contributed by atoms with Gasteiger partial charge in [0.2, 0.25) is 0 Å². The van der Waals surface area contributed by atoms with E-state index < -0.39 is 0 Å². The van der Waals surface area contributed by atoms with Crippen LogP contribution in [0.3, 0.4) is 0 Å². The molecule has 1 unspecified atom stereocenters. The summed E-state index contributed by atoms with van der Waals surface area (Å²) in [6.07, 6.45) is 3.10. The summed E-state index contributed by atoms with van der Waals surface area (Å²) in [6, 6.07) is 1.92. The van der Waals surface area contributed by atoms with Gasteiger partial charge in [0.1, 0.15) is 6.61 Å². The topological polar surface area (TPSA) is 67.6 Å². The lowest BCUT2D eigenvalue weighted by Gasteiger charge is -2.26. The second-order valence-corrected chi connectivity index (χ2v) is 4.86. The monoisotopic (exact) mass is 303 g/mol. The van der Waals surface area contributed by atoms with Crippen LogP contribution in [0.4, 0.5) is 0 Å². The molecule has 2 heterocycles. The van der Waals surface area contributed by atoms with E-state index in [9.17, 15) is 4.79 Å². The Morgan fingerprint density at radius 3 is 3.10 bits per heavy atom. The van der Waals surface area contributed by atoms with Gasteiger partial charge in [-0.2, -0.15) is 0 Å². The van der Waals surface area contributed by atoms with Crippen LogP contribution in [0.2, 0.25) is 0 Å². The zero-order valence-corrected chi connectivity index (χ0v) is 12.7. The quantitative estimate of drug-likeness (QED) is 0.912. The summed E-state index contributed by atoms with van der Waals surface area (Å²) in [6.45, 7) is 2.31. The first-order valence-corrected chi connectivity index (χ1v) is 6.64. The Balaban J connectivity index is 0.00000200. The zero-order chi connectivity index (χ0) is 13.7. The Bertz CT molecular complexity index is 417. The van der Waals surface area contributed by atoms with Crippen LogP contribution in [-0.4, -0.2) is 49.3 Å². The van der Waals surface area contributed by atoms with Crippen molar-refractivity contribution in [2.75, 3.05) is 27.2 Å². The normalized spacial score (nSPS) is 19.0. The third-order valence-corrected chi connectivity index (χ3v) is 3.48. The molecule has 0 bridgehead atoms. The van der Waals surface area contributed by atoms with Crippen LogP contribution in [0.15, 0.2) is 10.6 Å². The van der Waals surface area contributed by atoms with E-state index in [0.717, 1.165) is 32.4 Å².